The molecule has 164 valence electrons. The number of aliphatic imine (C=N–C) groups is 1. The molecule has 1 fully saturated rings. The number of likely N-dealkylation sites (tertiary alicyclic amines) is 1. The second-order valence-corrected chi connectivity index (χ2v) is 8.10. The van der Waals surface area contributed by atoms with Gasteiger partial charge < -0.3 is 21.3 Å². The van der Waals surface area contributed by atoms with Gasteiger partial charge in [0.15, 0.2) is 5.96 Å². The van der Waals surface area contributed by atoms with E-state index in [1.165, 1.54) is 0 Å². The zero-order valence-electron chi connectivity index (χ0n) is 17.1. The summed E-state index contributed by atoms with van der Waals surface area (Å²) in [4.78, 5) is 17.9. The highest BCUT2D eigenvalue weighted by Crippen LogP contribution is 2.26. The number of primary amides is 1. The number of piperidine rings is 1. The number of carbonyl (C=O) groups excluding carboxylic acids is 1. The number of nitrogens with two attached hydrogens (primary N) is 1. The van der Waals surface area contributed by atoms with Gasteiger partial charge in [-0.15, -0.1) is 24.0 Å². The van der Waals surface area contributed by atoms with Crippen LogP contribution in [-0.4, -0.2) is 50.0 Å². The van der Waals surface area contributed by atoms with E-state index in [2.05, 4.69) is 20.5 Å². The summed E-state index contributed by atoms with van der Waals surface area (Å²) in [6.07, 6.45) is 3.92. The van der Waals surface area contributed by atoms with Gasteiger partial charge in [-0.25, -0.2) is 0 Å². The van der Waals surface area contributed by atoms with E-state index in [1.54, 1.807) is 13.1 Å². The van der Waals surface area contributed by atoms with Gasteiger partial charge in [-0.05, 0) is 69.9 Å². The van der Waals surface area contributed by atoms with Gasteiger partial charge in [0.1, 0.15) is 0 Å². The highest BCUT2D eigenvalue weighted by Gasteiger charge is 2.22. The number of hydrogen-bond acceptors (Lipinski definition) is 3. The first kappa shape index (κ1) is 26.3. The number of hydrogen-bond donors (Lipinski definition) is 3. The lowest BCUT2D eigenvalue weighted by Crippen LogP contribution is -2.40. The Kier molecular flexibility index (Phi) is 12.2. The smallest absolute Gasteiger partial charge is 0.220 e. The Bertz CT molecular complexity index is 681. The van der Waals surface area contributed by atoms with Crippen molar-refractivity contribution in [3.05, 3.63) is 33.8 Å². The minimum atomic E-state index is -0.156. The molecule has 1 aliphatic rings. The Labute approximate surface area is 201 Å². The fourth-order valence-corrected chi connectivity index (χ4v) is 4.01. The van der Waals surface area contributed by atoms with Crippen molar-refractivity contribution in [2.24, 2.45) is 16.6 Å². The summed E-state index contributed by atoms with van der Waals surface area (Å²) in [5.74, 6) is 0.654. The molecule has 1 aromatic carbocycles. The van der Waals surface area contributed by atoms with Gasteiger partial charge in [-0.1, -0.05) is 29.3 Å². The molecule has 1 saturated heterocycles. The normalized spacial score (nSPS) is 16.8. The quantitative estimate of drug-likeness (QED) is 0.197. The number of unbranched alkanes of at least 4 members (excludes halogenated alkanes) is 1. The summed E-state index contributed by atoms with van der Waals surface area (Å²) in [6.45, 7) is 5.86. The van der Waals surface area contributed by atoms with Crippen molar-refractivity contribution in [2.45, 2.75) is 38.6 Å². The number of amides is 1. The van der Waals surface area contributed by atoms with Crippen LogP contribution in [0.4, 0.5) is 0 Å². The topological polar surface area (TPSA) is 82.8 Å². The molecule has 29 heavy (non-hydrogen) atoms. The van der Waals surface area contributed by atoms with E-state index in [1.807, 2.05) is 19.1 Å². The highest BCUT2D eigenvalue weighted by atomic mass is 127. The fourth-order valence-electron chi connectivity index (χ4n) is 3.44. The number of halogens is 3. The van der Waals surface area contributed by atoms with Crippen LogP contribution in [0.5, 0.6) is 0 Å². The van der Waals surface area contributed by atoms with Crippen LogP contribution in [0.25, 0.3) is 0 Å². The van der Waals surface area contributed by atoms with Crippen molar-refractivity contribution < 1.29 is 4.79 Å². The molecular weight excluding hydrogens is 524 g/mol. The molecule has 6 nitrogen and oxygen atoms in total. The third-order valence-electron chi connectivity index (χ3n) is 5.19. The maximum atomic E-state index is 11.2. The third kappa shape index (κ3) is 8.86. The standard InChI is InChI=1S/C20H31Cl2N5O.HI/c1-14(17-6-5-16(21)13-18(17)22)26-20(24-2)25-9-3-4-10-27-11-7-15(8-12-27)19(23)28;/h5-6,13-15H,3-4,7-12H2,1-2H3,(H2,23,28)(H2,24,25,26);1H. The third-order valence-corrected chi connectivity index (χ3v) is 5.75. The van der Waals surface area contributed by atoms with E-state index in [0.29, 0.717) is 10.0 Å². The molecule has 1 aliphatic heterocycles. The van der Waals surface area contributed by atoms with Crippen molar-refractivity contribution in [3.63, 3.8) is 0 Å². The summed E-state index contributed by atoms with van der Waals surface area (Å²) in [6, 6.07) is 5.53. The summed E-state index contributed by atoms with van der Waals surface area (Å²) in [5, 5.41) is 7.98. The summed E-state index contributed by atoms with van der Waals surface area (Å²) < 4.78 is 0. The van der Waals surface area contributed by atoms with Crippen LogP contribution in [0.15, 0.2) is 23.2 Å². The highest BCUT2D eigenvalue weighted by molar-refractivity contribution is 14.0. The Balaban J connectivity index is 0.00000420. The lowest BCUT2D eigenvalue weighted by molar-refractivity contribution is -0.123. The van der Waals surface area contributed by atoms with Crippen molar-refractivity contribution in [3.8, 4) is 0 Å². The first-order chi connectivity index (χ1) is 13.4. The van der Waals surface area contributed by atoms with E-state index in [4.69, 9.17) is 28.9 Å². The molecule has 9 heteroatoms. The van der Waals surface area contributed by atoms with Gasteiger partial charge in [0.05, 0.1) is 6.04 Å². The number of nitrogens with one attached hydrogen (secondary N) is 2. The van der Waals surface area contributed by atoms with Gasteiger partial charge in [-0.2, -0.15) is 0 Å². The molecule has 0 bridgehead atoms. The zero-order chi connectivity index (χ0) is 20.5. The number of benzene rings is 1. The molecular formula is C20H32Cl2IN5O. The number of guanidine groups is 1. The molecule has 1 unspecified atom stereocenters. The second-order valence-electron chi connectivity index (χ2n) is 7.26. The molecule has 1 amide bonds. The van der Waals surface area contributed by atoms with E-state index >= 15 is 0 Å². The Morgan fingerprint density at radius 3 is 2.59 bits per heavy atom. The SMILES string of the molecule is CN=C(NCCCCN1CCC(C(N)=O)CC1)NC(C)c1ccc(Cl)cc1Cl.I. The Morgan fingerprint density at radius 2 is 2.00 bits per heavy atom. The molecule has 0 radical (unpaired) electrons. The predicted molar refractivity (Wildman–Crippen MR) is 132 cm³/mol. The van der Waals surface area contributed by atoms with Gasteiger partial charge >= 0.3 is 0 Å². The van der Waals surface area contributed by atoms with E-state index in [9.17, 15) is 4.79 Å². The minimum absolute atomic E-state index is 0. The maximum Gasteiger partial charge on any atom is 0.220 e. The molecule has 0 spiro atoms. The fraction of sp³-hybridized carbons (Fsp3) is 0.600. The molecule has 0 aliphatic carbocycles. The Hall–Kier alpha value is -0.770. The first-order valence-corrected chi connectivity index (χ1v) is 10.6. The largest absolute Gasteiger partial charge is 0.369 e. The maximum absolute atomic E-state index is 11.2. The molecule has 0 aromatic heterocycles. The van der Waals surface area contributed by atoms with E-state index in [-0.39, 0.29) is 41.8 Å². The van der Waals surface area contributed by atoms with Crippen LogP contribution in [0.3, 0.4) is 0 Å². The lowest BCUT2D eigenvalue weighted by atomic mass is 9.96. The van der Waals surface area contributed by atoms with E-state index < -0.39 is 0 Å². The first-order valence-electron chi connectivity index (χ1n) is 9.84. The van der Waals surface area contributed by atoms with Gasteiger partial charge in [0, 0.05) is 29.6 Å². The summed E-state index contributed by atoms with van der Waals surface area (Å²) in [5.41, 5.74) is 6.36. The molecule has 0 saturated carbocycles. The molecule has 1 heterocycles. The van der Waals surface area contributed by atoms with Gasteiger partial charge in [0.25, 0.3) is 0 Å². The average molecular weight is 556 g/mol. The number of nitrogens with zero attached hydrogens (tertiary/aromatic N) is 2. The Morgan fingerprint density at radius 1 is 1.31 bits per heavy atom. The predicted octanol–water partition coefficient (Wildman–Crippen LogP) is 3.81. The molecule has 1 atom stereocenters. The molecule has 1 aromatic rings. The van der Waals surface area contributed by atoms with Crippen LogP contribution >= 0.6 is 47.2 Å². The monoisotopic (exact) mass is 555 g/mol. The van der Waals surface area contributed by atoms with Crippen LogP contribution in [-0.2, 0) is 4.79 Å². The van der Waals surface area contributed by atoms with Crippen LogP contribution in [0.2, 0.25) is 10.0 Å². The van der Waals surface area contributed by atoms with E-state index in [0.717, 1.165) is 63.4 Å². The lowest BCUT2D eigenvalue weighted by Gasteiger charge is -2.30. The van der Waals surface area contributed by atoms with Gasteiger partial charge in [-0.3, -0.25) is 9.79 Å². The summed E-state index contributed by atoms with van der Waals surface area (Å²) in [7, 11) is 1.76. The van der Waals surface area contributed by atoms with Crippen LogP contribution < -0.4 is 16.4 Å². The van der Waals surface area contributed by atoms with Crippen LogP contribution in [0, 0.1) is 5.92 Å². The van der Waals surface area contributed by atoms with Crippen molar-refractivity contribution >= 4 is 59.0 Å². The van der Waals surface area contributed by atoms with Crippen molar-refractivity contribution in [1.82, 2.24) is 15.5 Å². The average Bonchev–Trinajstić information content (AvgIpc) is 2.67. The number of carbonyl (C=O) groups is 1. The summed E-state index contributed by atoms with van der Waals surface area (Å²) >= 11 is 12.2. The van der Waals surface area contributed by atoms with Crippen molar-refractivity contribution in [1.29, 1.82) is 0 Å². The minimum Gasteiger partial charge on any atom is -0.369 e. The van der Waals surface area contributed by atoms with Crippen LogP contribution in [0.1, 0.15) is 44.2 Å². The van der Waals surface area contributed by atoms with Gasteiger partial charge in [0.2, 0.25) is 5.91 Å². The molecule has 4 N–H and O–H groups in total. The zero-order valence-corrected chi connectivity index (χ0v) is 20.9. The number of rotatable bonds is 8. The molecule has 2 rings (SSSR count). The second kappa shape index (κ2) is 13.5. The van der Waals surface area contributed by atoms with Crippen molar-refractivity contribution in [2.75, 3.05) is 33.2 Å².